The highest BCUT2D eigenvalue weighted by Crippen LogP contribution is 2.05. The topological polar surface area (TPSA) is 80.4 Å². The van der Waals surface area contributed by atoms with E-state index in [4.69, 9.17) is 10.8 Å². The summed E-state index contributed by atoms with van der Waals surface area (Å²) in [5.41, 5.74) is 5.29. The van der Waals surface area contributed by atoms with Crippen molar-refractivity contribution in [3.05, 3.63) is 0 Å². The maximum atomic E-state index is 10.5. The lowest BCUT2D eigenvalue weighted by Gasteiger charge is -2.04. The molecule has 0 spiro atoms. The zero-order valence-corrected chi connectivity index (χ0v) is 7.95. The third-order valence-corrected chi connectivity index (χ3v) is 1.86. The molecule has 0 bridgehead atoms. The Labute approximate surface area is 78.1 Å². The van der Waals surface area contributed by atoms with Gasteiger partial charge in [-0.1, -0.05) is 12.8 Å². The van der Waals surface area contributed by atoms with E-state index in [1.807, 2.05) is 0 Å². The van der Waals surface area contributed by atoms with E-state index in [0.717, 1.165) is 19.3 Å². The van der Waals surface area contributed by atoms with Crippen molar-refractivity contribution in [1.29, 1.82) is 0 Å². The van der Waals surface area contributed by atoms with Crippen molar-refractivity contribution in [3.63, 3.8) is 0 Å². The predicted molar refractivity (Wildman–Crippen MR) is 49.4 cm³/mol. The highest BCUT2D eigenvalue weighted by Gasteiger charge is 2.09. The van der Waals surface area contributed by atoms with E-state index in [1.165, 1.54) is 0 Å². The summed E-state index contributed by atoms with van der Waals surface area (Å²) in [7, 11) is 0. The minimum atomic E-state index is -0.952. The van der Waals surface area contributed by atoms with Crippen LogP contribution in [0.1, 0.15) is 39.0 Å². The Hall–Kier alpha value is -0.900. The fraction of sp³-hybridized carbons (Fsp3) is 0.778. The number of unbranched alkanes of at least 4 members (excludes halogenated alkanes) is 2. The molecule has 1 atom stereocenters. The Morgan fingerprint density at radius 2 is 1.92 bits per heavy atom. The summed E-state index contributed by atoms with van der Waals surface area (Å²) in [5.74, 6) is -0.769. The van der Waals surface area contributed by atoms with Gasteiger partial charge in [-0.3, -0.25) is 4.79 Å². The first-order valence-corrected chi connectivity index (χ1v) is 4.52. The first-order chi connectivity index (χ1) is 6.04. The van der Waals surface area contributed by atoms with Gasteiger partial charge in [0.1, 0.15) is 11.8 Å². The Morgan fingerprint density at radius 1 is 1.31 bits per heavy atom. The number of carboxylic acids is 1. The molecule has 0 aromatic heterocycles. The zero-order valence-electron chi connectivity index (χ0n) is 7.95. The predicted octanol–water partition coefficient (Wildman–Crippen LogP) is 0.938. The van der Waals surface area contributed by atoms with Gasteiger partial charge in [0.2, 0.25) is 0 Å². The van der Waals surface area contributed by atoms with E-state index < -0.39 is 12.0 Å². The van der Waals surface area contributed by atoms with Crippen LogP contribution in [0.3, 0.4) is 0 Å². The summed E-state index contributed by atoms with van der Waals surface area (Å²) >= 11 is 0. The zero-order chi connectivity index (χ0) is 10.3. The van der Waals surface area contributed by atoms with Crippen molar-refractivity contribution in [2.24, 2.45) is 5.73 Å². The van der Waals surface area contributed by atoms with Crippen LogP contribution in [0.25, 0.3) is 0 Å². The van der Waals surface area contributed by atoms with Crippen LogP contribution in [0.5, 0.6) is 0 Å². The third kappa shape index (κ3) is 7.46. The van der Waals surface area contributed by atoms with Crippen LogP contribution in [0.4, 0.5) is 0 Å². The van der Waals surface area contributed by atoms with E-state index in [0.29, 0.717) is 12.8 Å². The molecule has 0 amide bonds. The number of hydrogen-bond donors (Lipinski definition) is 2. The smallest absolute Gasteiger partial charge is 0.320 e. The van der Waals surface area contributed by atoms with Crippen LogP contribution in [-0.4, -0.2) is 22.9 Å². The van der Waals surface area contributed by atoms with Crippen molar-refractivity contribution in [2.45, 2.75) is 45.1 Å². The van der Waals surface area contributed by atoms with Crippen LogP contribution in [0.2, 0.25) is 0 Å². The maximum Gasteiger partial charge on any atom is 0.320 e. The first kappa shape index (κ1) is 12.1. The monoisotopic (exact) mass is 187 g/mol. The maximum absolute atomic E-state index is 10.5. The van der Waals surface area contributed by atoms with Crippen molar-refractivity contribution in [2.75, 3.05) is 0 Å². The summed E-state index contributed by atoms with van der Waals surface area (Å²) < 4.78 is 0. The van der Waals surface area contributed by atoms with Gasteiger partial charge in [-0.15, -0.1) is 0 Å². The molecule has 0 aliphatic carbocycles. The van der Waals surface area contributed by atoms with E-state index in [-0.39, 0.29) is 5.78 Å². The normalized spacial score (nSPS) is 12.5. The van der Waals surface area contributed by atoms with Gasteiger partial charge in [-0.2, -0.15) is 0 Å². The van der Waals surface area contributed by atoms with Gasteiger partial charge < -0.3 is 15.6 Å². The number of Topliss-reactive ketones (excluding diaryl/α,β-unsaturated/α-hetero) is 1. The lowest BCUT2D eigenvalue weighted by molar-refractivity contribution is -0.138. The van der Waals surface area contributed by atoms with Gasteiger partial charge >= 0.3 is 5.97 Å². The van der Waals surface area contributed by atoms with Crippen molar-refractivity contribution < 1.29 is 14.7 Å². The molecule has 0 aliphatic heterocycles. The molecule has 0 heterocycles. The van der Waals surface area contributed by atoms with Gasteiger partial charge in [-0.25, -0.2) is 0 Å². The summed E-state index contributed by atoms with van der Waals surface area (Å²) in [6.45, 7) is 1.56. The highest BCUT2D eigenvalue weighted by molar-refractivity contribution is 5.75. The van der Waals surface area contributed by atoms with Crippen molar-refractivity contribution >= 4 is 11.8 Å². The van der Waals surface area contributed by atoms with Crippen molar-refractivity contribution in [1.82, 2.24) is 0 Å². The number of ketones is 1. The summed E-state index contributed by atoms with van der Waals surface area (Å²) in [6.07, 6.45) is 3.57. The average molecular weight is 187 g/mol. The molecule has 0 rings (SSSR count). The summed E-state index contributed by atoms with van der Waals surface area (Å²) in [6, 6.07) is -0.752. The molecule has 76 valence electrons. The van der Waals surface area contributed by atoms with Gasteiger partial charge in [0.25, 0.3) is 0 Å². The van der Waals surface area contributed by atoms with Crippen LogP contribution >= 0.6 is 0 Å². The molecule has 0 saturated heterocycles. The SMILES string of the molecule is CC(=O)CCCCC[C@H](N)C(=O)O. The summed E-state index contributed by atoms with van der Waals surface area (Å²) in [4.78, 5) is 20.8. The highest BCUT2D eigenvalue weighted by atomic mass is 16.4. The lowest BCUT2D eigenvalue weighted by Crippen LogP contribution is -2.29. The fourth-order valence-electron chi connectivity index (χ4n) is 1.04. The number of carbonyl (C=O) groups excluding carboxylic acids is 1. The van der Waals surface area contributed by atoms with Crippen LogP contribution in [0.15, 0.2) is 0 Å². The van der Waals surface area contributed by atoms with Crippen molar-refractivity contribution in [3.8, 4) is 0 Å². The largest absolute Gasteiger partial charge is 0.480 e. The number of rotatable bonds is 7. The molecule has 3 N–H and O–H groups in total. The fourth-order valence-corrected chi connectivity index (χ4v) is 1.04. The molecule has 0 fully saturated rings. The molecule has 0 radical (unpaired) electrons. The number of carbonyl (C=O) groups is 2. The number of nitrogens with two attached hydrogens (primary N) is 1. The quantitative estimate of drug-likeness (QED) is 0.581. The van der Waals surface area contributed by atoms with Crippen LogP contribution in [0, 0.1) is 0 Å². The molecule has 0 aliphatic rings. The second-order valence-corrected chi connectivity index (χ2v) is 3.25. The average Bonchev–Trinajstić information content (AvgIpc) is 2.02. The summed E-state index contributed by atoms with van der Waals surface area (Å²) in [5, 5.41) is 8.45. The second kappa shape index (κ2) is 6.60. The third-order valence-electron chi connectivity index (χ3n) is 1.86. The van der Waals surface area contributed by atoms with E-state index in [9.17, 15) is 9.59 Å². The second-order valence-electron chi connectivity index (χ2n) is 3.25. The minimum Gasteiger partial charge on any atom is -0.480 e. The minimum absolute atomic E-state index is 0.183. The van der Waals surface area contributed by atoms with Crippen LogP contribution in [-0.2, 0) is 9.59 Å². The Balaban J connectivity index is 3.26. The standard InChI is InChI=1S/C9H17NO3/c1-7(11)5-3-2-4-6-8(10)9(12)13/h8H,2-6,10H2,1H3,(H,12,13)/t8-/m0/s1. The number of carboxylic acid groups (broad SMARTS) is 1. The molecule has 4 heteroatoms. The van der Waals surface area contributed by atoms with Gasteiger partial charge in [-0.05, 0) is 19.8 Å². The molecule has 0 aromatic rings. The van der Waals surface area contributed by atoms with Gasteiger partial charge in [0.15, 0.2) is 0 Å². The number of aliphatic carboxylic acids is 1. The molecule has 0 aromatic carbocycles. The van der Waals surface area contributed by atoms with Gasteiger partial charge in [0.05, 0.1) is 0 Å². The molecule has 0 unspecified atom stereocenters. The lowest BCUT2D eigenvalue weighted by atomic mass is 10.1. The Kier molecular flexibility index (Phi) is 6.14. The Bertz CT molecular complexity index is 180. The Morgan fingerprint density at radius 3 is 2.38 bits per heavy atom. The molecule has 4 nitrogen and oxygen atoms in total. The molecule has 13 heavy (non-hydrogen) atoms. The van der Waals surface area contributed by atoms with Gasteiger partial charge in [0, 0.05) is 6.42 Å². The first-order valence-electron chi connectivity index (χ1n) is 4.52. The van der Waals surface area contributed by atoms with Crippen LogP contribution < -0.4 is 5.73 Å². The molecule has 0 saturated carbocycles. The molecular formula is C9H17NO3. The van der Waals surface area contributed by atoms with E-state index >= 15 is 0 Å². The van der Waals surface area contributed by atoms with E-state index in [2.05, 4.69) is 0 Å². The van der Waals surface area contributed by atoms with E-state index in [1.54, 1.807) is 6.92 Å². The molecular weight excluding hydrogens is 170 g/mol. The number of hydrogen-bond acceptors (Lipinski definition) is 3.